The number of ether oxygens (including phenoxy) is 1. The highest BCUT2D eigenvalue weighted by Gasteiger charge is 2.23. The van der Waals surface area contributed by atoms with Gasteiger partial charge in [-0.15, -0.1) is 0 Å². The van der Waals surface area contributed by atoms with Crippen LogP contribution in [0.4, 0.5) is 0 Å². The molecular formula is C16H28N2O. The molecule has 2 unspecified atom stereocenters. The van der Waals surface area contributed by atoms with Crippen LogP contribution in [-0.4, -0.2) is 31.1 Å². The topological polar surface area (TPSA) is 38.5 Å². The Balaban J connectivity index is 3.07. The Hall–Kier alpha value is -0.900. The Morgan fingerprint density at radius 1 is 1.26 bits per heavy atom. The van der Waals surface area contributed by atoms with Gasteiger partial charge in [0.15, 0.2) is 0 Å². The Labute approximate surface area is 117 Å². The zero-order valence-electron chi connectivity index (χ0n) is 12.7. The largest absolute Gasteiger partial charge is 0.380 e. The molecule has 0 spiro atoms. The average molecular weight is 264 g/mol. The van der Waals surface area contributed by atoms with Crippen molar-refractivity contribution in [2.24, 2.45) is 5.73 Å². The third-order valence-electron chi connectivity index (χ3n) is 3.86. The molecule has 0 aliphatic carbocycles. The normalized spacial score (nSPS) is 14.6. The molecule has 0 saturated heterocycles. The molecule has 0 saturated carbocycles. The molecule has 1 aromatic rings. The Morgan fingerprint density at radius 3 is 2.47 bits per heavy atom. The van der Waals surface area contributed by atoms with Crippen LogP contribution in [0.15, 0.2) is 24.3 Å². The van der Waals surface area contributed by atoms with E-state index in [1.54, 1.807) is 7.11 Å². The Kier molecular flexibility index (Phi) is 7.06. The van der Waals surface area contributed by atoms with Crippen molar-refractivity contribution >= 4 is 0 Å². The summed E-state index contributed by atoms with van der Waals surface area (Å²) < 4.78 is 5.30. The SMILES string of the molecule is CCC(C)N(CC)C(CN)c1ccccc1COC. The van der Waals surface area contributed by atoms with Gasteiger partial charge < -0.3 is 10.5 Å². The predicted molar refractivity (Wildman–Crippen MR) is 81.1 cm³/mol. The Bertz CT molecular complexity index is 368. The maximum Gasteiger partial charge on any atom is 0.0716 e. The summed E-state index contributed by atoms with van der Waals surface area (Å²) in [7, 11) is 1.74. The van der Waals surface area contributed by atoms with Crippen LogP contribution in [0.3, 0.4) is 0 Å². The summed E-state index contributed by atoms with van der Waals surface area (Å²) in [5.41, 5.74) is 8.59. The third kappa shape index (κ3) is 4.03. The molecule has 108 valence electrons. The van der Waals surface area contributed by atoms with E-state index in [-0.39, 0.29) is 6.04 Å². The molecule has 1 aromatic carbocycles. The monoisotopic (exact) mass is 264 g/mol. The number of hydrogen-bond acceptors (Lipinski definition) is 3. The molecular weight excluding hydrogens is 236 g/mol. The number of benzene rings is 1. The zero-order chi connectivity index (χ0) is 14.3. The second-order valence-electron chi connectivity index (χ2n) is 4.97. The number of nitrogens with two attached hydrogens (primary N) is 1. The van der Waals surface area contributed by atoms with Crippen LogP contribution in [-0.2, 0) is 11.3 Å². The number of rotatable bonds is 8. The molecule has 0 aliphatic heterocycles. The van der Waals surface area contributed by atoms with Crippen molar-refractivity contribution in [3.05, 3.63) is 35.4 Å². The summed E-state index contributed by atoms with van der Waals surface area (Å²) >= 11 is 0. The lowest BCUT2D eigenvalue weighted by Gasteiger charge is -2.36. The lowest BCUT2D eigenvalue weighted by Crippen LogP contribution is -2.40. The van der Waals surface area contributed by atoms with E-state index < -0.39 is 0 Å². The van der Waals surface area contributed by atoms with Crippen molar-refractivity contribution < 1.29 is 4.74 Å². The third-order valence-corrected chi connectivity index (χ3v) is 3.86. The standard InChI is InChI=1S/C16H28N2O/c1-5-13(3)18(6-2)16(11-17)15-10-8-7-9-14(15)12-19-4/h7-10,13,16H,5-6,11-12,17H2,1-4H3. The fourth-order valence-corrected chi connectivity index (χ4v) is 2.66. The van der Waals surface area contributed by atoms with Gasteiger partial charge in [0.25, 0.3) is 0 Å². The first-order valence-corrected chi connectivity index (χ1v) is 7.22. The number of hydrogen-bond donors (Lipinski definition) is 1. The second-order valence-corrected chi connectivity index (χ2v) is 4.97. The maximum absolute atomic E-state index is 6.06. The molecule has 19 heavy (non-hydrogen) atoms. The minimum atomic E-state index is 0.270. The average Bonchev–Trinajstić information content (AvgIpc) is 2.45. The van der Waals surface area contributed by atoms with Gasteiger partial charge >= 0.3 is 0 Å². The van der Waals surface area contributed by atoms with Gasteiger partial charge in [0.1, 0.15) is 0 Å². The van der Waals surface area contributed by atoms with Crippen LogP contribution in [0.2, 0.25) is 0 Å². The molecule has 0 radical (unpaired) electrons. The van der Waals surface area contributed by atoms with Crippen LogP contribution >= 0.6 is 0 Å². The lowest BCUT2D eigenvalue weighted by atomic mass is 9.97. The first-order chi connectivity index (χ1) is 9.19. The molecule has 3 nitrogen and oxygen atoms in total. The molecule has 2 atom stereocenters. The molecule has 3 heteroatoms. The molecule has 0 bridgehead atoms. The Morgan fingerprint density at radius 2 is 1.95 bits per heavy atom. The lowest BCUT2D eigenvalue weighted by molar-refractivity contribution is 0.146. The summed E-state index contributed by atoms with van der Waals surface area (Å²) in [6, 6.07) is 9.26. The van der Waals surface area contributed by atoms with Gasteiger partial charge in [-0.3, -0.25) is 4.90 Å². The van der Waals surface area contributed by atoms with Gasteiger partial charge in [0.05, 0.1) is 6.61 Å². The molecule has 1 rings (SSSR count). The van der Waals surface area contributed by atoms with E-state index in [1.165, 1.54) is 11.1 Å². The first-order valence-electron chi connectivity index (χ1n) is 7.22. The minimum Gasteiger partial charge on any atom is -0.380 e. The summed E-state index contributed by atoms with van der Waals surface area (Å²) in [5, 5.41) is 0. The van der Waals surface area contributed by atoms with Gasteiger partial charge in [0.2, 0.25) is 0 Å². The first kappa shape index (κ1) is 16.2. The summed E-state index contributed by atoms with van der Waals surface area (Å²) in [5.74, 6) is 0. The van der Waals surface area contributed by atoms with Crippen molar-refractivity contribution in [2.45, 2.75) is 45.9 Å². The van der Waals surface area contributed by atoms with E-state index in [2.05, 4.69) is 49.9 Å². The molecule has 0 amide bonds. The molecule has 0 fully saturated rings. The van der Waals surface area contributed by atoms with Crippen molar-refractivity contribution in [3.63, 3.8) is 0 Å². The van der Waals surface area contributed by atoms with Crippen molar-refractivity contribution in [3.8, 4) is 0 Å². The van der Waals surface area contributed by atoms with Gasteiger partial charge in [0, 0.05) is 25.7 Å². The van der Waals surface area contributed by atoms with E-state index >= 15 is 0 Å². The van der Waals surface area contributed by atoms with Crippen LogP contribution in [0, 0.1) is 0 Å². The zero-order valence-corrected chi connectivity index (χ0v) is 12.7. The molecule has 0 aromatic heterocycles. The highest BCUT2D eigenvalue weighted by molar-refractivity contribution is 5.30. The van der Waals surface area contributed by atoms with E-state index in [9.17, 15) is 0 Å². The van der Waals surface area contributed by atoms with Crippen LogP contribution in [0.25, 0.3) is 0 Å². The highest BCUT2D eigenvalue weighted by Crippen LogP contribution is 2.26. The molecule has 0 aliphatic rings. The van der Waals surface area contributed by atoms with Crippen LogP contribution in [0.1, 0.15) is 44.4 Å². The number of likely N-dealkylation sites (N-methyl/N-ethyl adjacent to an activating group) is 1. The van der Waals surface area contributed by atoms with Crippen molar-refractivity contribution in [1.29, 1.82) is 0 Å². The van der Waals surface area contributed by atoms with Crippen LogP contribution < -0.4 is 5.73 Å². The second kappa shape index (κ2) is 8.31. The van der Waals surface area contributed by atoms with Crippen molar-refractivity contribution in [1.82, 2.24) is 4.90 Å². The van der Waals surface area contributed by atoms with Gasteiger partial charge in [-0.25, -0.2) is 0 Å². The smallest absolute Gasteiger partial charge is 0.0716 e. The molecule has 0 heterocycles. The van der Waals surface area contributed by atoms with E-state index in [0.29, 0.717) is 19.2 Å². The predicted octanol–water partition coefficient (Wildman–Crippen LogP) is 2.95. The number of methoxy groups -OCH3 is 1. The molecule has 2 N–H and O–H groups in total. The van der Waals surface area contributed by atoms with Gasteiger partial charge in [-0.1, -0.05) is 38.1 Å². The summed E-state index contributed by atoms with van der Waals surface area (Å²) in [6.07, 6.45) is 1.14. The fraction of sp³-hybridized carbons (Fsp3) is 0.625. The van der Waals surface area contributed by atoms with Crippen LogP contribution in [0.5, 0.6) is 0 Å². The maximum atomic E-state index is 6.06. The van der Waals surface area contributed by atoms with E-state index in [0.717, 1.165) is 13.0 Å². The van der Waals surface area contributed by atoms with Gasteiger partial charge in [-0.05, 0) is 31.0 Å². The minimum absolute atomic E-state index is 0.270. The highest BCUT2D eigenvalue weighted by atomic mass is 16.5. The summed E-state index contributed by atoms with van der Waals surface area (Å²) in [4.78, 5) is 2.48. The quantitative estimate of drug-likeness (QED) is 0.784. The van der Waals surface area contributed by atoms with E-state index in [4.69, 9.17) is 10.5 Å². The van der Waals surface area contributed by atoms with E-state index in [1.807, 2.05) is 0 Å². The fourth-order valence-electron chi connectivity index (χ4n) is 2.66. The summed E-state index contributed by atoms with van der Waals surface area (Å²) in [6.45, 7) is 8.99. The number of nitrogens with zero attached hydrogens (tertiary/aromatic N) is 1. The van der Waals surface area contributed by atoms with Crippen molar-refractivity contribution in [2.75, 3.05) is 20.2 Å². The van der Waals surface area contributed by atoms with Gasteiger partial charge in [-0.2, -0.15) is 0 Å².